The molecule has 1 aromatic heterocycles. The minimum Gasteiger partial charge on any atom is -0.384 e. The van der Waals surface area contributed by atoms with Gasteiger partial charge < -0.3 is 10.5 Å². The van der Waals surface area contributed by atoms with Gasteiger partial charge in [0, 0.05) is 32.5 Å². The minimum absolute atomic E-state index is 0.337. The number of nitrogens with zero attached hydrogens (tertiary/aromatic N) is 2. The van der Waals surface area contributed by atoms with Crippen LogP contribution >= 0.6 is 0 Å². The lowest BCUT2D eigenvalue weighted by molar-refractivity contribution is 0.0601. The third-order valence-electron chi connectivity index (χ3n) is 3.48. The van der Waals surface area contributed by atoms with Gasteiger partial charge in [-0.05, 0) is 30.4 Å². The zero-order valence-corrected chi connectivity index (χ0v) is 12.5. The third kappa shape index (κ3) is 4.43. The lowest BCUT2D eigenvalue weighted by Gasteiger charge is -2.28. The summed E-state index contributed by atoms with van der Waals surface area (Å²) in [6.07, 6.45) is 4.69. The molecule has 112 valence electrons. The lowest BCUT2D eigenvalue weighted by Crippen LogP contribution is -2.36. The fourth-order valence-electron chi connectivity index (χ4n) is 2.27. The van der Waals surface area contributed by atoms with Crippen LogP contribution in [0.25, 0.3) is 0 Å². The number of hydrogen-bond donors (Lipinski definition) is 1. The molecule has 0 radical (unpaired) electrons. The first kappa shape index (κ1) is 15.2. The van der Waals surface area contributed by atoms with Crippen LogP contribution in [-0.2, 0) is 21.3 Å². The molecule has 0 bridgehead atoms. The standard InChI is InChI=1S/C13H21N3O3S/c1-20(17,18)16(9-11-4-6-19-7-5-11)10-12-2-3-13(14)15-8-12/h2-3,8,11H,4-7,9-10H2,1H3,(H2,14,15). The van der Waals surface area contributed by atoms with Gasteiger partial charge in [0.1, 0.15) is 5.82 Å². The molecule has 1 aliphatic heterocycles. The van der Waals surface area contributed by atoms with Crippen LogP contribution in [0.2, 0.25) is 0 Å². The van der Waals surface area contributed by atoms with Gasteiger partial charge in [-0.1, -0.05) is 6.07 Å². The fourth-order valence-corrected chi connectivity index (χ4v) is 3.13. The van der Waals surface area contributed by atoms with Gasteiger partial charge >= 0.3 is 0 Å². The topological polar surface area (TPSA) is 85.5 Å². The van der Waals surface area contributed by atoms with Crippen molar-refractivity contribution in [3.8, 4) is 0 Å². The maximum absolute atomic E-state index is 11.9. The van der Waals surface area contributed by atoms with Crippen LogP contribution in [0, 0.1) is 5.92 Å². The van der Waals surface area contributed by atoms with Gasteiger partial charge in [-0.3, -0.25) is 0 Å². The zero-order chi connectivity index (χ0) is 14.6. The molecule has 1 aliphatic rings. The molecule has 2 rings (SSSR count). The highest BCUT2D eigenvalue weighted by Gasteiger charge is 2.23. The Balaban J connectivity index is 2.05. The molecule has 0 aromatic carbocycles. The molecule has 2 N–H and O–H groups in total. The molecular formula is C13H21N3O3S. The van der Waals surface area contributed by atoms with Crippen molar-refractivity contribution in [2.24, 2.45) is 5.92 Å². The number of nitrogens with two attached hydrogens (primary N) is 1. The molecule has 7 heteroatoms. The van der Waals surface area contributed by atoms with E-state index >= 15 is 0 Å². The van der Waals surface area contributed by atoms with Crippen LogP contribution < -0.4 is 5.73 Å². The maximum Gasteiger partial charge on any atom is 0.211 e. The highest BCUT2D eigenvalue weighted by Crippen LogP contribution is 2.19. The molecule has 1 fully saturated rings. The average Bonchev–Trinajstić information content (AvgIpc) is 2.40. The van der Waals surface area contributed by atoms with Crippen molar-refractivity contribution in [1.29, 1.82) is 0 Å². The Hall–Kier alpha value is -1.18. The number of ether oxygens (including phenoxy) is 1. The number of aromatic nitrogens is 1. The molecule has 0 aliphatic carbocycles. The first-order valence-electron chi connectivity index (χ1n) is 6.68. The molecule has 0 unspecified atom stereocenters. The molecule has 0 amide bonds. The van der Waals surface area contributed by atoms with Crippen molar-refractivity contribution in [3.05, 3.63) is 23.9 Å². The Morgan fingerprint density at radius 2 is 2.10 bits per heavy atom. The molecule has 1 saturated heterocycles. The van der Waals surface area contributed by atoms with E-state index in [-0.39, 0.29) is 0 Å². The van der Waals surface area contributed by atoms with Crippen molar-refractivity contribution in [2.45, 2.75) is 19.4 Å². The summed E-state index contributed by atoms with van der Waals surface area (Å²) in [5, 5.41) is 0. The molecule has 0 atom stereocenters. The largest absolute Gasteiger partial charge is 0.384 e. The first-order valence-corrected chi connectivity index (χ1v) is 8.53. The second-order valence-electron chi connectivity index (χ2n) is 5.20. The molecule has 1 aromatic rings. The Kier molecular flexibility index (Phi) is 4.95. The summed E-state index contributed by atoms with van der Waals surface area (Å²) in [6, 6.07) is 3.49. The Bertz CT molecular complexity index is 524. The van der Waals surface area contributed by atoms with Crippen molar-refractivity contribution in [3.63, 3.8) is 0 Å². The van der Waals surface area contributed by atoms with E-state index in [0.29, 0.717) is 38.0 Å². The Morgan fingerprint density at radius 1 is 1.40 bits per heavy atom. The van der Waals surface area contributed by atoms with Crippen LogP contribution in [0.3, 0.4) is 0 Å². The second-order valence-corrected chi connectivity index (χ2v) is 7.19. The van der Waals surface area contributed by atoms with E-state index < -0.39 is 10.0 Å². The average molecular weight is 299 g/mol. The van der Waals surface area contributed by atoms with Crippen LogP contribution in [0.1, 0.15) is 18.4 Å². The zero-order valence-electron chi connectivity index (χ0n) is 11.7. The summed E-state index contributed by atoms with van der Waals surface area (Å²) in [6.45, 7) is 2.30. The lowest BCUT2D eigenvalue weighted by atomic mass is 10.0. The number of hydrogen-bond acceptors (Lipinski definition) is 5. The molecule has 6 nitrogen and oxygen atoms in total. The van der Waals surface area contributed by atoms with Gasteiger partial charge in [-0.2, -0.15) is 4.31 Å². The van der Waals surface area contributed by atoms with E-state index in [1.54, 1.807) is 12.3 Å². The predicted molar refractivity (Wildman–Crippen MR) is 77.4 cm³/mol. The summed E-state index contributed by atoms with van der Waals surface area (Å²) in [5.41, 5.74) is 6.38. The fraction of sp³-hybridized carbons (Fsp3) is 0.615. The summed E-state index contributed by atoms with van der Waals surface area (Å²) in [7, 11) is -3.24. The minimum atomic E-state index is -3.24. The van der Waals surface area contributed by atoms with Gasteiger partial charge in [0.15, 0.2) is 0 Å². The van der Waals surface area contributed by atoms with Crippen molar-refractivity contribution in [1.82, 2.24) is 9.29 Å². The maximum atomic E-state index is 11.9. The van der Waals surface area contributed by atoms with E-state index in [1.165, 1.54) is 10.6 Å². The van der Waals surface area contributed by atoms with Crippen molar-refractivity contribution in [2.75, 3.05) is 31.7 Å². The summed E-state index contributed by atoms with van der Waals surface area (Å²) in [4.78, 5) is 4.00. The SMILES string of the molecule is CS(=O)(=O)N(Cc1ccc(N)nc1)CC1CCOCC1. The number of rotatable bonds is 5. The van der Waals surface area contributed by atoms with Crippen LogP contribution in [0.5, 0.6) is 0 Å². The quantitative estimate of drug-likeness (QED) is 0.871. The third-order valence-corrected chi connectivity index (χ3v) is 4.69. The van der Waals surface area contributed by atoms with Crippen LogP contribution in [0.4, 0.5) is 5.82 Å². The summed E-state index contributed by atoms with van der Waals surface area (Å²) >= 11 is 0. The van der Waals surface area contributed by atoms with E-state index in [4.69, 9.17) is 10.5 Å². The van der Waals surface area contributed by atoms with E-state index in [0.717, 1.165) is 18.4 Å². The van der Waals surface area contributed by atoms with Gasteiger partial charge in [0.25, 0.3) is 0 Å². The summed E-state index contributed by atoms with van der Waals surface area (Å²) < 4.78 is 30.7. The second kappa shape index (κ2) is 6.51. The van der Waals surface area contributed by atoms with Gasteiger partial charge in [0.2, 0.25) is 10.0 Å². The van der Waals surface area contributed by atoms with Gasteiger partial charge in [-0.25, -0.2) is 13.4 Å². The van der Waals surface area contributed by atoms with Crippen molar-refractivity contribution < 1.29 is 13.2 Å². The van der Waals surface area contributed by atoms with Crippen molar-refractivity contribution >= 4 is 15.8 Å². The highest BCUT2D eigenvalue weighted by molar-refractivity contribution is 7.88. The van der Waals surface area contributed by atoms with Gasteiger partial charge in [0.05, 0.1) is 6.26 Å². The number of pyridine rings is 1. The van der Waals surface area contributed by atoms with Crippen LogP contribution in [-0.4, -0.2) is 43.7 Å². The number of anilines is 1. The van der Waals surface area contributed by atoms with Crippen LogP contribution in [0.15, 0.2) is 18.3 Å². The van der Waals surface area contributed by atoms with E-state index in [2.05, 4.69) is 4.98 Å². The molecular weight excluding hydrogens is 278 g/mol. The highest BCUT2D eigenvalue weighted by atomic mass is 32.2. The van der Waals surface area contributed by atoms with E-state index in [9.17, 15) is 8.42 Å². The van der Waals surface area contributed by atoms with Gasteiger partial charge in [-0.15, -0.1) is 0 Å². The Labute approximate surface area is 120 Å². The number of sulfonamides is 1. The van der Waals surface area contributed by atoms with E-state index in [1.807, 2.05) is 6.07 Å². The molecule has 2 heterocycles. The molecule has 0 saturated carbocycles. The smallest absolute Gasteiger partial charge is 0.211 e. The summed E-state index contributed by atoms with van der Waals surface area (Å²) in [5.74, 6) is 0.796. The predicted octanol–water partition coefficient (Wildman–Crippen LogP) is 0.852. The monoisotopic (exact) mass is 299 g/mol. The molecule has 0 spiro atoms. The first-order chi connectivity index (χ1) is 9.45. The number of nitrogen functional groups attached to an aromatic ring is 1. The normalized spacial score (nSPS) is 17.5. The molecule has 20 heavy (non-hydrogen) atoms. The Morgan fingerprint density at radius 3 is 2.65 bits per heavy atom.